The van der Waals surface area contributed by atoms with Crippen LogP contribution in [-0.4, -0.2) is 41.0 Å². The first kappa shape index (κ1) is 59.0. The molecule has 1 unspecified atom stereocenters. The van der Waals surface area contributed by atoms with Gasteiger partial charge in [0, 0.05) is 12.8 Å². The van der Waals surface area contributed by atoms with Crippen molar-refractivity contribution in [2.24, 2.45) is 0 Å². The molecule has 0 saturated carbocycles. The van der Waals surface area contributed by atoms with Crippen LogP contribution in [0.25, 0.3) is 0 Å². The molecule has 0 aliphatic heterocycles. The molecule has 0 radical (unpaired) electrons. The summed E-state index contributed by atoms with van der Waals surface area (Å²) in [6.45, 7) is 3.76. The largest absolute Gasteiger partial charge is 0.469 e. The Kier molecular flexibility index (Phi) is 46.8. The molecule has 8 nitrogen and oxygen atoms in total. The molecule has 0 aliphatic carbocycles. The van der Waals surface area contributed by atoms with Crippen molar-refractivity contribution in [3.05, 3.63) is 0 Å². The van der Waals surface area contributed by atoms with Gasteiger partial charge in [-0.1, -0.05) is 271 Å². The molecule has 0 saturated heterocycles. The minimum absolute atomic E-state index is 0.221. The lowest BCUT2D eigenvalue weighted by Crippen LogP contribution is -2.29. The Morgan fingerprint density at radius 3 is 0.850 bits per heavy atom. The first-order chi connectivity index (χ1) is 29.3. The molecule has 1 atom stereocenters. The van der Waals surface area contributed by atoms with Gasteiger partial charge in [-0.3, -0.25) is 14.1 Å². The number of hydrogen-bond donors (Lipinski definition) is 2. The predicted octanol–water partition coefficient (Wildman–Crippen LogP) is 16.8. The van der Waals surface area contributed by atoms with Gasteiger partial charge in [0.15, 0.2) is 6.10 Å². The van der Waals surface area contributed by atoms with E-state index in [1.165, 1.54) is 231 Å². The third-order valence-electron chi connectivity index (χ3n) is 12.1. The molecule has 0 bridgehead atoms. The molecule has 0 amide bonds. The van der Waals surface area contributed by atoms with Crippen molar-refractivity contribution >= 4 is 19.8 Å². The van der Waals surface area contributed by atoms with Crippen LogP contribution in [0.2, 0.25) is 0 Å². The van der Waals surface area contributed by atoms with E-state index in [1.54, 1.807) is 0 Å². The number of carbonyl (C=O) groups excluding carboxylic acids is 2. The molecule has 358 valence electrons. The molecule has 9 heteroatoms. The number of rotatable bonds is 50. The maximum atomic E-state index is 12.5. The van der Waals surface area contributed by atoms with Crippen molar-refractivity contribution in [3.8, 4) is 0 Å². The fraction of sp³-hybridized carbons (Fsp3) is 0.961. The SMILES string of the molecule is CCCCCCCCCCCCCCCCCCCCCCCC(=O)OCC(COP(=O)(O)O)OC(=O)CCCCCCCCCCCCCCCCCCCCCCC. The van der Waals surface area contributed by atoms with E-state index in [1.807, 2.05) is 0 Å². The number of unbranched alkanes of at least 4 members (excludes halogenated alkanes) is 40. The van der Waals surface area contributed by atoms with E-state index < -0.39 is 32.5 Å². The highest BCUT2D eigenvalue weighted by atomic mass is 31.2. The lowest BCUT2D eigenvalue weighted by Gasteiger charge is -2.18. The van der Waals surface area contributed by atoms with Gasteiger partial charge in [0.05, 0.1) is 6.61 Å². The van der Waals surface area contributed by atoms with Crippen LogP contribution in [-0.2, 0) is 28.2 Å². The summed E-state index contributed by atoms with van der Waals surface area (Å²) in [5.41, 5.74) is 0. The zero-order valence-electron chi connectivity index (χ0n) is 39.9. The van der Waals surface area contributed by atoms with Crippen molar-refractivity contribution in [1.29, 1.82) is 0 Å². The van der Waals surface area contributed by atoms with Crippen LogP contribution in [0.4, 0.5) is 0 Å². The smallest absolute Gasteiger partial charge is 0.462 e. The predicted molar refractivity (Wildman–Crippen MR) is 253 cm³/mol. The summed E-state index contributed by atoms with van der Waals surface area (Å²) in [5.74, 6) is -0.859. The summed E-state index contributed by atoms with van der Waals surface area (Å²) < 4.78 is 26.6. The van der Waals surface area contributed by atoms with Gasteiger partial charge >= 0.3 is 19.8 Å². The number of hydrogen-bond acceptors (Lipinski definition) is 6. The van der Waals surface area contributed by atoms with E-state index in [0.717, 1.165) is 32.1 Å². The average Bonchev–Trinajstić information content (AvgIpc) is 3.22. The topological polar surface area (TPSA) is 119 Å². The summed E-state index contributed by atoms with van der Waals surface area (Å²) >= 11 is 0. The van der Waals surface area contributed by atoms with E-state index in [2.05, 4.69) is 18.4 Å². The maximum absolute atomic E-state index is 12.5. The van der Waals surface area contributed by atoms with E-state index in [0.29, 0.717) is 6.42 Å². The molecule has 0 aliphatic rings. The van der Waals surface area contributed by atoms with Gasteiger partial charge in [0.25, 0.3) is 0 Å². The van der Waals surface area contributed by atoms with Crippen LogP contribution in [0.15, 0.2) is 0 Å². The second-order valence-corrected chi connectivity index (χ2v) is 19.5. The summed E-state index contributed by atoms with van der Waals surface area (Å²) in [6, 6.07) is 0. The van der Waals surface area contributed by atoms with Gasteiger partial charge in [-0.15, -0.1) is 0 Å². The van der Waals surface area contributed by atoms with Crippen LogP contribution >= 0.6 is 7.82 Å². The van der Waals surface area contributed by atoms with E-state index in [4.69, 9.17) is 19.3 Å². The molecule has 2 N–H and O–H groups in total. The quantitative estimate of drug-likeness (QED) is 0.0352. The lowest BCUT2D eigenvalue weighted by molar-refractivity contribution is -0.161. The van der Waals surface area contributed by atoms with Crippen LogP contribution in [0.3, 0.4) is 0 Å². The molecule has 0 fully saturated rings. The Hall–Kier alpha value is -0.950. The van der Waals surface area contributed by atoms with Gasteiger partial charge in [0.2, 0.25) is 0 Å². The Balaban J connectivity index is 3.74. The molecular formula is C51H101O8P. The first-order valence-corrected chi connectivity index (χ1v) is 27.9. The molecule has 0 spiro atoms. The Bertz CT molecular complexity index is 940. The highest BCUT2D eigenvalue weighted by Gasteiger charge is 2.23. The van der Waals surface area contributed by atoms with Crippen molar-refractivity contribution in [3.63, 3.8) is 0 Å². The molecule has 0 aromatic heterocycles. The molecule has 0 rings (SSSR count). The Morgan fingerprint density at radius 1 is 0.367 bits per heavy atom. The highest BCUT2D eigenvalue weighted by molar-refractivity contribution is 7.46. The third kappa shape index (κ3) is 49.7. The third-order valence-corrected chi connectivity index (χ3v) is 12.6. The lowest BCUT2D eigenvalue weighted by atomic mass is 10.0. The molecule has 0 aromatic carbocycles. The van der Waals surface area contributed by atoms with Crippen molar-refractivity contribution < 1.29 is 37.9 Å². The summed E-state index contributed by atoms with van der Waals surface area (Å²) in [6.07, 6.45) is 54.1. The number of esters is 2. The maximum Gasteiger partial charge on any atom is 0.469 e. The van der Waals surface area contributed by atoms with Gasteiger partial charge < -0.3 is 19.3 Å². The van der Waals surface area contributed by atoms with Gasteiger partial charge in [0.1, 0.15) is 6.61 Å². The Labute approximate surface area is 372 Å². The monoisotopic (exact) mass is 873 g/mol. The normalized spacial score (nSPS) is 12.3. The first-order valence-electron chi connectivity index (χ1n) is 26.3. The minimum Gasteiger partial charge on any atom is -0.462 e. The van der Waals surface area contributed by atoms with E-state index >= 15 is 0 Å². The van der Waals surface area contributed by atoms with Crippen LogP contribution in [0, 0.1) is 0 Å². The van der Waals surface area contributed by atoms with E-state index in [-0.39, 0.29) is 19.4 Å². The van der Waals surface area contributed by atoms with Crippen molar-refractivity contribution in [2.75, 3.05) is 13.2 Å². The molecule has 60 heavy (non-hydrogen) atoms. The zero-order chi connectivity index (χ0) is 43.9. The van der Waals surface area contributed by atoms with Crippen LogP contribution < -0.4 is 0 Å². The van der Waals surface area contributed by atoms with Crippen LogP contribution in [0.1, 0.15) is 296 Å². The highest BCUT2D eigenvalue weighted by Crippen LogP contribution is 2.36. The standard InChI is InChI=1S/C51H101O8P/c1-3-5-7-9-11-13-15-17-19-21-23-25-27-29-31-33-35-37-39-41-43-45-50(52)57-47-49(48-58-60(54,55)56)59-51(53)46-44-42-40-38-36-34-32-30-28-26-24-22-20-18-16-14-12-10-8-6-4-2/h49H,3-48H2,1-2H3,(H2,54,55,56). The second kappa shape index (κ2) is 47.5. The van der Waals surface area contributed by atoms with Gasteiger partial charge in [-0.25, -0.2) is 4.57 Å². The summed E-state index contributed by atoms with van der Waals surface area (Å²) in [7, 11) is -4.75. The summed E-state index contributed by atoms with van der Waals surface area (Å²) in [5, 5.41) is 0. The average molecular weight is 873 g/mol. The minimum atomic E-state index is -4.75. The zero-order valence-corrected chi connectivity index (χ0v) is 40.8. The van der Waals surface area contributed by atoms with Crippen LogP contribution in [0.5, 0.6) is 0 Å². The Morgan fingerprint density at radius 2 is 0.600 bits per heavy atom. The molecule has 0 aromatic rings. The van der Waals surface area contributed by atoms with Crippen molar-refractivity contribution in [2.45, 2.75) is 302 Å². The van der Waals surface area contributed by atoms with E-state index in [9.17, 15) is 14.2 Å². The number of phosphoric ester groups is 1. The van der Waals surface area contributed by atoms with Crippen molar-refractivity contribution in [1.82, 2.24) is 0 Å². The second-order valence-electron chi connectivity index (χ2n) is 18.2. The number of carbonyl (C=O) groups is 2. The fourth-order valence-electron chi connectivity index (χ4n) is 8.20. The number of phosphoric acid groups is 1. The van der Waals surface area contributed by atoms with Gasteiger partial charge in [-0.05, 0) is 12.8 Å². The molecule has 0 heterocycles. The number of ether oxygens (including phenoxy) is 2. The molecular weight excluding hydrogens is 772 g/mol. The van der Waals surface area contributed by atoms with Gasteiger partial charge in [-0.2, -0.15) is 0 Å². The summed E-state index contributed by atoms with van der Waals surface area (Å²) in [4.78, 5) is 43.1. The fourth-order valence-corrected chi connectivity index (χ4v) is 8.56.